The molecule has 1 aromatic rings. The third kappa shape index (κ3) is 5.56. The molecule has 0 aromatic carbocycles. The number of ether oxygens (including phenoxy) is 1. The number of nitrogens with one attached hydrogen (secondary N) is 1. The lowest BCUT2D eigenvalue weighted by atomic mass is 9.84. The Hall–Kier alpha value is -2.86. The average Bonchev–Trinajstić information content (AvgIpc) is 3.37. The van der Waals surface area contributed by atoms with Gasteiger partial charge in [0.2, 0.25) is 11.8 Å². The molecule has 0 bridgehead atoms. The van der Waals surface area contributed by atoms with Gasteiger partial charge in [-0.15, -0.1) is 0 Å². The molecular formula is C24H35N5O4. The molecule has 1 spiro atoms. The van der Waals surface area contributed by atoms with Crippen molar-refractivity contribution in [2.24, 2.45) is 13.0 Å². The van der Waals surface area contributed by atoms with E-state index in [1.807, 2.05) is 24.8 Å². The number of carbonyl (C=O) groups is 3. The van der Waals surface area contributed by atoms with Gasteiger partial charge < -0.3 is 24.4 Å². The van der Waals surface area contributed by atoms with Gasteiger partial charge >= 0.3 is 0 Å². The molecule has 0 aliphatic carbocycles. The van der Waals surface area contributed by atoms with Crippen LogP contribution in [0.3, 0.4) is 0 Å². The minimum absolute atomic E-state index is 0.00679. The highest BCUT2D eigenvalue weighted by Gasteiger charge is 2.48. The summed E-state index contributed by atoms with van der Waals surface area (Å²) in [5.74, 6) is -0.0798. The van der Waals surface area contributed by atoms with Crippen LogP contribution in [0.15, 0.2) is 12.3 Å². The van der Waals surface area contributed by atoms with E-state index in [4.69, 9.17) is 10.00 Å². The standard InChI is InChI=1S/C24H35N5O4/c1-4-28(5-2)21(30)6-7-22(31)29-17-19(13-24(29)8-10-33-11-9-24)15-26-23(32)20-12-18(14-25)16-27(20)3/h12,16,19H,4-11,13,15,17H2,1-3H3,(H,26,32). The number of likely N-dealkylation sites (tertiary alicyclic amines) is 1. The third-order valence-electron chi connectivity index (χ3n) is 6.99. The first-order valence-corrected chi connectivity index (χ1v) is 11.8. The van der Waals surface area contributed by atoms with E-state index in [9.17, 15) is 14.4 Å². The van der Waals surface area contributed by atoms with Crippen LogP contribution >= 0.6 is 0 Å². The number of aryl methyl sites for hydroxylation is 1. The van der Waals surface area contributed by atoms with Crippen LogP contribution in [0.1, 0.15) is 62.0 Å². The summed E-state index contributed by atoms with van der Waals surface area (Å²) in [5, 5.41) is 12.0. The zero-order chi connectivity index (χ0) is 24.0. The number of nitriles is 1. The Morgan fingerprint density at radius 1 is 1.24 bits per heavy atom. The summed E-state index contributed by atoms with van der Waals surface area (Å²) in [5.41, 5.74) is 0.621. The van der Waals surface area contributed by atoms with Crippen LogP contribution in [0.4, 0.5) is 0 Å². The van der Waals surface area contributed by atoms with Crippen molar-refractivity contribution in [2.45, 2.75) is 51.5 Å². The van der Waals surface area contributed by atoms with Gasteiger partial charge in [-0.05, 0) is 45.1 Å². The summed E-state index contributed by atoms with van der Waals surface area (Å²) in [4.78, 5) is 41.9. The maximum Gasteiger partial charge on any atom is 0.267 e. The molecule has 180 valence electrons. The van der Waals surface area contributed by atoms with Gasteiger partial charge in [-0.2, -0.15) is 5.26 Å². The average molecular weight is 458 g/mol. The maximum atomic E-state index is 13.2. The lowest BCUT2D eigenvalue weighted by Gasteiger charge is -2.41. The van der Waals surface area contributed by atoms with Crippen LogP contribution in [-0.2, 0) is 21.4 Å². The smallest absolute Gasteiger partial charge is 0.267 e. The normalized spacial score (nSPS) is 19.3. The van der Waals surface area contributed by atoms with Crippen molar-refractivity contribution in [2.75, 3.05) is 39.4 Å². The van der Waals surface area contributed by atoms with E-state index in [2.05, 4.69) is 5.32 Å². The molecule has 1 unspecified atom stereocenters. The molecule has 3 heterocycles. The summed E-state index contributed by atoms with van der Waals surface area (Å²) in [6.07, 6.45) is 4.41. The van der Waals surface area contributed by atoms with Gasteiger partial charge in [-0.1, -0.05) is 0 Å². The fourth-order valence-corrected chi connectivity index (χ4v) is 5.15. The largest absolute Gasteiger partial charge is 0.381 e. The zero-order valence-electron chi connectivity index (χ0n) is 19.9. The number of nitrogens with zero attached hydrogens (tertiary/aromatic N) is 4. The molecule has 0 saturated carbocycles. The minimum atomic E-state index is -0.262. The van der Waals surface area contributed by atoms with E-state index in [0.29, 0.717) is 50.7 Å². The first-order valence-electron chi connectivity index (χ1n) is 11.8. The molecule has 2 saturated heterocycles. The molecule has 0 radical (unpaired) electrons. The van der Waals surface area contributed by atoms with Crippen molar-refractivity contribution >= 4 is 17.7 Å². The van der Waals surface area contributed by atoms with Crippen molar-refractivity contribution < 1.29 is 19.1 Å². The second kappa shape index (κ2) is 10.8. The first kappa shape index (κ1) is 24.8. The van der Waals surface area contributed by atoms with Crippen LogP contribution in [-0.4, -0.2) is 77.0 Å². The van der Waals surface area contributed by atoms with Gasteiger partial charge in [0.1, 0.15) is 11.8 Å². The Kier molecular flexibility index (Phi) is 8.14. The third-order valence-corrected chi connectivity index (χ3v) is 6.99. The molecule has 33 heavy (non-hydrogen) atoms. The van der Waals surface area contributed by atoms with E-state index in [1.54, 1.807) is 28.8 Å². The van der Waals surface area contributed by atoms with Crippen LogP contribution in [0, 0.1) is 17.2 Å². The molecule has 2 fully saturated rings. The van der Waals surface area contributed by atoms with Gasteiger partial charge in [-0.3, -0.25) is 14.4 Å². The van der Waals surface area contributed by atoms with Crippen LogP contribution in [0.2, 0.25) is 0 Å². The molecule has 1 atom stereocenters. The van der Waals surface area contributed by atoms with Gasteiger partial charge in [0, 0.05) is 71.0 Å². The monoisotopic (exact) mass is 457 g/mol. The summed E-state index contributed by atoms with van der Waals surface area (Å²) in [7, 11) is 1.74. The van der Waals surface area contributed by atoms with Gasteiger partial charge in [0.15, 0.2) is 0 Å². The zero-order valence-corrected chi connectivity index (χ0v) is 19.9. The lowest BCUT2D eigenvalue weighted by Crippen LogP contribution is -2.50. The Balaban J connectivity index is 1.63. The fraction of sp³-hybridized carbons (Fsp3) is 0.667. The summed E-state index contributed by atoms with van der Waals surface area (Å²) >= 11 is 0. The summed E-state index contributed by atoms with van der Waals surface area (Å²) < 4.78 is 7.21. The van der Waals surface area contributed by atoms with E-state index < -0.39 is 0 Å². The number of carbonyl (C=O) groups excluding carboxylic acids is 3. The molecule has 3 amide bonds. The van der Waals surface area contributed by atoms with Crippen molar-refractivity contribution in [3.63, 3.8) is 0 Å². The molecule has 1 aromatic heterocycles. The Morgan fingerprint density at radius 3 is 2.55 bits per heavy atom. The van der Waals surface area contributed by atoms with Crippen molar-refractivity contribution in [1.29, 1.82) is 5.26 Å². The number of aromatic nitrogens is 1. The van der Waals surface area contributed by atoms with Gasteiger partial charge in [0.25, 0.3) is 5.91 Å². The van der Waals surface area contributed by atoms with Gasteiger partial charge in [0.05, 0.1) is 5.56 Å². The molecular weight excluding hydrogens is 422 g/mol. The number of amides is 3. The second-order valence-electron chi connectivity index (χ2n) is 9.02. The van der Waals surface area contributed by atoms with E-state index in [0.717, 1.165) is 19.3 Å². The topological polar surface area (TPSA) is 108 Å². The number of rotatable bonds is 8. The summed E-state index contributed by atoms with van der Waals surface area (Å²) in [6.45, 7) is 7.42. The SMILES string of the molecule is CCN(CC)C(=O)CCC(=O)N1CC(CNC(=O)c2cc(C#N)cn2C)CC12CCOCC2. The minimum Gasteiger partial charge on any atom is -0.381 e. The predicted molar refractivity (Wildman–Crippen MR) is 122 cm³/mol. The highest BCUT2D eigenvalue weighted by Crippen LogP contribution is 2.41. The molecule has 3 rings (SSSR count). The van der Waals surface area contributed by atoms with Gasteiger partial charge in [-0.25, -0.2) is 0 Å². The van der Waals surface area contributed by atoms with E-state index in [1.165, 1.54) is 0 Å². The molecule has 9 heteroatoms. The fourth-order valence-electron chi connectivity index (χ4n) is 5.15. The Bertz CT molecular complexity index is 908. The van der Waals surface area contributed by atoms with E-state index in [-0.39, 0.29) is 42.0 Å². The Labute approximate surface area is 195 Å². The van der Waals surface area contributed by atoms with Crippen LogP contribution in [0.5, 0.6) is 0 Å². The molecule has 2 aliphatic heterocycles. The van der Waals surface area contributed by atoms with Crippen LogP contribution < -0.4 is 5.32 Å². The highest BCUT2D eigenvalue weighted by atomic mass is 16.5. The van der Waals surface area contributed by atoms with Crippen molar-refractivity contribution in [1.82, 2.24) is 19.7 Å². The first-order chi connectivity index (χ1) is 15.8. The maximum absolute atomic E-state index is 13.2. The summed E-state index contributed by atoms with van der Waals surface area (Å²) in [6, 6.07) is 3.62. The number of hydrogen-bond acceptors (Lipinski definition) is 5. The highest BCUT2D eigenvalue weighted by molar-refractivity contribution is 5.93. The quantitative estimate of drug-likeness (QED) is 0.639. The second-order valence-corrected chi connectivity index (χ2v) is 9.02. The number of hydrogen-bond donors (Lipinski definition) is 1. The van der Waals surface area contributed by atoms with Crippen LogP contribution in [0.25, 0.3) is 0 Å². The van der Waals surface area contributed by atoms with Crippen molar-refractivity contribution in [3.05, 3.63) is 23.5 Å². The van der Waals surface area contributed by atoms with E-state index >= 15 is 0 Å². The molecule has 1 N–H and O–H groups in total. The van der Waals surface area contributed by atoms with Crippen molar-refractivity contribution in [3.8, 4) is 6.07 Å². The molecule has 9 nitrogen and oxygen atoms in total. The molecule has 2 aliphatic rings. The predicted octanol–water partition coefficient (Wildman–Crippen LogP) is 1.67. The lowest BCUT2D eigenvalue weighted by molar-refractivity contribution is -0.141. The Morgan fingerprint density at radius 2 is 1.94 bits per heavy atom.